The summed E-state index contributed by atoms with van der Waals surface area (Å²) in [6.07, 6.45) is 0. The number of benzene rings is 1. The minimum atomic E-state index is -1.13. The number of carbonyl (C=O) groups is 2. The number of carboxylic acids is 1. The Kier molecular flexibility index (Phi) is 3.80. The highest BCUT2D eigenvalue weighted by Gasteiger charge is 2.28. The van der Waals surface area contributed by atoms with E-state index in [2.05, 4.69) is 5.32 Å². The summed E-state index contributed by atoms with van der Waals surface area (Å²) in [6.45, 7) is 2.80. The predicted molar refractivity (Wildman–Crippen MR) is 63.5 cm³/mol. The Morgan fingerprint density at radius 3 is 2.17 bits per heavy atom. The van der Waals surface area contributed by atoms with Gasteiger partial charge in [-0.1, -0.05) is 6.07 Å². The number of aliphatic carboxylic acids is 1. The first kappa shape index (κ1) is 13.8. The van der Waals surface area contributed by atoms with Crippen molar-refractivity contribution in [3.8, 4) is 11.5 Å². The van der Waals surface area contributed by atoms with Crippen LogP contribution in [0.15, 0.2) is 18.2 Å². The van der Waals surface area contributed by atoms with E-state index in [0.717, 1.165) is 0 Å². The molecule has 0 saturated carbocycles. The molecule has 0 aliphatic heterocycles. The predicted octanol–water partition coefficient (Wildman–Crippen LogP) is 0.938. The number of phenols is 2. The van der Waals surface area contributed by atoms with E-state index in [1.165, 1.54) is 32.0 Å². The van der Waals surface area contributed by atoms with Crippen molar-refractivity contribution in [3.63, 3.8) is 0 Å². The van der Waals surface area contributed by atoms with E-state index < -0.39 is 17.3 Å². The minimum Gasteiger partial charge on any atom is -0.507 e. The van der Waals surface area contributed by atoms with Crippen molar-refractivity contribution in [3.05, 3.63) is 23.8 Å². The second-order valence-corrected chi connectivity index (χ2v) is 4.54. The number of hydrogen-bond acceptors (Lipinski definition) is 4. The number of carboxylic acid groups (broad SMARTS) is 1. The van der Waals surface area contributed by atoms with Gasteiger partial charge in [0.1, 0.15) is 17.1 Å². The van der Waals surface area contributed by atoms with Crippen LogP contribution in [0, 0.1) is 5.41 Å². The van der Waals surface area contributed by atoms with Crippen LogP contribution in [0.3, 0.4) is 0 Å². The number of aromatic hydroxyl groups is 2. The van der Waals surface area contributed by atoms with Gasteiger partial charge in [0.15, 0.2) is 0 Å². The van der Waals surface area contributed by atoms with E-state index in [4.69, 9.17) is 5.11 Å². The van der Waals surface area contributed by atoms with Crippen molar-refractivity contribution in [2.45, 2.75) is 13.8 Å². The van der Waals surface area contributed by atoms with Crippen LogP contribution in [-0.4, -0.2) is 33.7 Å². The van der Waals surface area contributed by atoms with Crippen LogP contribution in [0.5, 0.6) is 11.5 Å². The van der Waals surface area contributed by atoms with Crippen LogP contribution in [0.25, 0.3) is 0 Å². The molecule has 0 saturated heterocycles. The second kappa shape index (κ2) is 4.95. The van der Waals surface area contributed by atoms with Crippen LogP contribution in [0.4, 0.5) is 0 Å². The Bertz CT molecular complexity index is 461. The lowest BCUT2D eigenvalue weighted by molar-refractivity contribution is -0.146. The Labute approximate surface area is 104 Å². The van der Waals surface area contributed by atoms with Gasteiger partial charge in [-0.3, -0.25) is 9.59 Å². The zero-order valence-electron chi connectivity index (χ0n) is 10.1. The van der Waals surface area contributed by atoms with E-state index in [9.17, 15) is 19.8 Å². The van der Waals surface area contributed by atoms with Gasteiger partial charge in [-0.15, -0.1) is 0 Å². The summed E-state index contributed by atoms with van der Waals surface area (Å²) in [6, 6.07) is 3.91. The number of carbonyl (C=O) groups excluding carboxylic acids is 1. The van der Waals surface area contributed by atoms with Gasteiger partial charge in [0.2, 0.25) is 0 Å². The Hall–Kier alpha value is -2.24. The molecule has 0 unspecified atom stereocenters. The number of phenolic OH excluding ortho intramolecular Hbond substituents is 2. The number of amides is 1. The van der Waals surface area contributed by atoms with Crippen molar-refractivity contribution in [2.75, 3.05) is 6.54 Å². The van der Waals surface area contributed by atoms with Gasteiger partial charge >= 0.3 is 5.97 Å². The van der Waals surface area contributed by atoms with Gasteiger partial charge < -0.3 is 20.6 Å². The van der Waals surface area contributed by atoms with E-state index in [0.29, 0.717) is 0 Å². The monoisotopic (exact) mass is 253 g/mol. The summed E-state index contributed by atoms with van der Waals surface area (Å²) in [7, 11) is 0. The highest BCUT2D eigenvalue weighted by atomic mass is 16.4. The number of hydrogen-bond donors (Lipinski definition) is 4. The molecule has 0 aromatic heterocycles. The van der Waals surface area contributed by atoms with Crippen molar-refractivity contribution >= 4 is 11.9 Å². The minimum absolute atomic E-state index is 0.116. The zero-order valence-corrected chi connectivity index (χ0v) is 10.1. The van der Waals surface area contributed by atoms with E-state index >= 15 is 0 Å². The lowest BCUT2D eigenvalue weighted by Crippen LogP contribution is -2.38. The maximum Gasteiger partial charge on any atom is 0.310 e. The molecule has 0 atom stereocenters. The first-order chi connectivity index (χ1) is 8.25. The van der Waals surface area contributed by atoms with E-state index in [1.54, 1.807) is 0 Å². The molecule has 98 valence electrons. The van der Waals surface area contributed by atoms with Gasteiger partial charge in [-0.2, -0.15) is 0 Å². The van der Waals surface area contributed by atoms with E-state index in [1.807, 2.05) is 0 Å². The smallest absolute Gasteiger partial charge is 0.310 e. The summed E-state index contributed by atoms with van der Waals surface area (Å²) in [5, 5.41) is 30.2. The Morgan fingerprint density at radius 1 is 1.22 bits per heavy atom. The summed E-state index contributed by atoms with van der Waals surface area (Å²) in [5.74, 6) is -2.49. The third kappa shape index (κ3) is 2.91. The molecule has 0 aliphatic carbocycles. The molecule has 1 aromatic carbocycles. The fraction of sp³-hybridized carbons (Fsp3) is 0.333. The van der Waals surface area contributed by atoms with Gasteiger partial charge in [-0.25, -0.2) is 0 Å². The lowest BCUT2D eigenvalue weighted by atomic mass is 9.94. The topological polar surface area (TPSA) is 107 Å². The molecule has 6 heteroatoms. The standard InChI is InChI=1S/C12H15NO5/c1-12(2,11(17)18)6-13-10(16)9-7(14)4-3-5-8(9)15/h3-5,14-15H,6H2,1-2H3,(H,13,16)(H,17,18). The van der Waals surface area contributed by atoms with Crippen molar-refractivity contribution < 1.29 is 24.9 Å². The third-order valence-electron chi connectivity index (χ3n) is 2.52. The lowest BCUT2D eigenvalue weighted by Gasteiger charge is -2.19. The molecular formula is C12H15NO5. The Morgan fingerprint density at radius 2 is 1.72 bits per heavy atom. The van der Waals surface area contributed by atoms with Crippen LogP contribution in [0.1, 0.15) is 24.2 Å². The quantitative estimate of drug-likeness (QED) is 0.638. The third-order valence-corrected chi connectivity index (χ3v) is 2.52. The Balaban J connectivity index is 2.82. The summed E-state index contributed by atoms with van der Waals surface area (Å²) < 4.78 is 0. The maximum atomic E-state index is 11.7. The molecule has 1 amide bonds. The van der Waals surface area contributed by atoms with E-state index in [-0.39, 0.29) is 23.6 Å². The molecule has 0 heterocycles. The van der Waals surface area contributed by atoms with Crippen LogP contribution < -0.4 is 5.32 Å². The molecule has 0 fully saturated rings. The van der Waals surface area contributed by atoms with Crippen LogP contribution >= 0.6 is 0 Å². The molecule has 1 rings (SSSR count). The fourth-order valence-electron chi connectivity index (χ4n) is 1.23. The van der Waals surface area contributed by atoms with Gasteiger partial charge in [0.25, 0.3) is 5.91 Å². The summed E-state index contributed by atoms with van der Waals surface area (Å²) in [4.78, 5) is 22.6. The van der Waals surface area contributed by atoms with Crippen molar-refractivity contribution in [1.82, 2.24) is 5.32 Å². The molecule has 18 heavy (non-hydrogen) atoms. The highest BCUT2D eigenvalue weighted by Crippen LogP contribution is 2.26. The highest BCUT2D eigenvalue weighted by molar-refractivity contribution is 5.99. The van der Waals surface area contributed by atoms with Crippen LogP contribution in [0.2, 0.25) is 0 Å². The molecule has 0 aliphatic rings. The zero-order chi connectivity index (χ0) is 13.9. The first-order valence-corrected chi connectivity index (χ1v) is 5.28. The summed E-state index contributed by atoms with van der Waals surface area (Å²) >= 11 is 0. The SMILES string of the molecule is CC(C)(CNC(=O)c1c(O)cccc1O)C(=O)O. The molecule has 6 nitrogen and oxygen atoms in total. The number of nitrogens with one attached hydrogen (secondary N) is 1. The normalized spacial score (nSPS) is 11.0. The molecule has 0 radical (unpaired) electrons. The van der Waals surface area contributed by atoms with Gasteiger partial charge in [0.05, 0.1) is 5.41 Å². The second-order valence-electron chi connectivity index (χ2n) is 4.54. The fourth-order valence-corrected chi connectivity index (χ4v) is 1.23. The molecule has 4 N–H and O–H groups in total. The van der Waals surface area contributed by atoms with Gasteiger partial charge in [-0.05, 0) is 26.0 Å². The maximum absolute atomic E-state index is 11.7. The first-order valence-electron chi connectivity index (χ1n) is 5.28. The van der Waals surface area contributed by atoms with Crippen LogP contribution in [-0.2, 0) is 4.79 Å². The average molecular weight is 253 g/mol. The number of rotatable bonds is 4. The summed E-state index contributed by atoms with van der Waals surface area (Å²) in [5.41, 5.74) is -1.39. The average Bonchev–Trinajstić information content (AvgIpc) is 2.26. The van der Waals surface area contributed by atoms with Gasteiger partial charge in [0, 0.05) is 6.54 Å². The molecular weight excluding hydrogens is 238 g/mol. The molecule has 1 aromatic rings. The molecule has 0 bridgehead atoms. The molecule has 0 spiro atoms. The van der Waals surface area contributed by atoms with Crippen molar-refractivity contribution in [2.24, 2.45) is 5.41 Å². The largest absolute Gasteiger partial charge is 0.507 e. The van der Waals surface area contributed by atoms with Crippen molar-refractivity contribution in [1.29, 1.82) is 0 Å².